The average Bonchev–Trinajstić information content (AvgIpc) is 2.83. The van der Waals surface area contributed by atoms with Gasteiger partial charge in [-0.05, 0) is 24.5 Å². The van der Waals surface area contributed by atoms with E-state index in [0.717, 1.165) is 22.2 Å². The predicted octanol–water partition coefficient (Wildman–Crippen LogP) is 4.92. The van der Waals surface area contributed by atoms with Gasteiger partial charge in [0.1, 0.15) is 9.98 Å². The molecule has 3 nitrogen and oxygen atoms in total. The van der Waals surface area contributed by atoms with Gasteiger partial charge in [-0.2, -0.15) is 0 Å². The molecule has 0 amide bonds. The van der Waals surface area contributed by atoms with Crippen molar-refractivity contribution in [2.24, 2.45) is 0 Å². The summed E-state index contributed by atoms with van der Waals surface area (Å²) in [5.74, 6) is 0.557. The maximum Gasteiger partial charge on any atom is 0.225 e. The molecular formula is C16H16ClN3S. The van der Waals surface area contributed by atoms with Crippen LogP contribution in [-0.4, -0.2) is 17.0 Å². The van der Waals surface area contributed by atoms with E-state index >= 15 is 0 Å². The van der Waals surface area contributed by atoms with Gasteiger partial charge in [0.2, 0.25) is 5.95 Å². The Labute approximate surface area is 133 Å². The lowest BCUT2D eigenvalue weighted by atomic mass is 10.0. The Morgan fingerprint density at radius 3 is 2.52 bits per heavy atom. The number of benzene rings is 1. The van der Waals surface area contributed by atoms with Gasteiger partial charge < -0.3 is 5.32 Å². The van der Waals surface area contributed by atoms with Crippen molar-refractivity contribution in [3.63, 3.8) is 0 Å². The molecule has 108 valence electrons. The van der Waals surface area contributed by atoms with Crippen LogP contribution in [0, 0.1) is 6.92 Å². The first-order valence-electron chi connectivity index (χ1n) is 6.87. The van der Waals surface area contributed by atoms with E-state index in [0.29, 0.717) is 11.1 Å². The van der Waals surface area contributed by atoms with Crippen LogP contribution in [0.5, 0.6) is 0 Å². The number of fused-ring (bicyclic) bond motifs is 1. The molecule has 0 atom stereocenters. The Hall–Kier alpha value is -1.65. The summed E-state index contributed by atoms with van der Waals surface area (Å²) in [6, 6.07) is 8.62. The van der Waals surface area contributed by atoms with E-state index in [-0.39, 0.29) is 0 Å². The standard InChI is InChI=1S/C16H16ClN3S/c1-4-10-5-7-11(8-6-10)12-9(2)21-15-13(12)14(17)19-16(18-3)20-15/h5-8H,4H2,1-3H3,(H,18,19,20). The van der Waals surface area contributed by atoms with Crippen molar-refractivity contribution >= 4 is 39.1 Å². The summed E-state index contributed by atoms with van der Waals surface area (Å²) in [6.07, 6.45) is 1.04. The predicted molar refractivity (Wildman–Crippen MR) is 91.5 cm³/mol. The zero-order valence-corrected chi connectivity index (χ0v) is 13.8. The van der Waals surface area contributed by atoms with Crippen molar-refractivity contribution in [1.29, 1.82) is 0 Å². The second kappa shape index (κ2) is 5.62. The Morgan fingerprint density at radius 1 is 1.19 bits per heavy atom. The summed E-state index contributed by atoms with van der Waals surface area (Å²) in [7, 11) is 1.79. The number of thiophene rings is 1. The van der Waals surface area contributed by atoms with E-state index in [4.69, 9.17) is 11.6 Å². The van der Waals surface area contributed by atoms with Crippen LogP contribution in [0.3, 0.4) is 0 Å². The van der Waals surface area contributed by atoms with Crippen molar-refractivity contribution in [2.75, 3.05) is 12.4 Å². The molecule has 0 radical (unpaired) electrons. The highest BCUT2D eigenvalue weighted by Crippen LogP contribution is 2.40. The Morgan fingerprint density at radius 2 is 1.90 bits per heavy atom. The molecule has 0 saturated heterocycles. The van der Waals surface area contributed by atoms with Crippen LogP contribution >= 0.6 is 22.9 Å². The molecule has 2 heterocycles. The minimum Gasteiger partial charge on any atom is -0.357 e. The fourth-order valence-corrected chi connectivity index (χ4v) is 3.80. The zero-order chi connectivity index (χ0) is 15.0. The van der Waals surface area contributed by atoms with Crippen molar-refractivity contribution in [2.45, 2.75) is 20.3 Å². The van der Waals surface area contributed by atoms with Crippen molar-refractivity contribution < 1.29 is 0 Å². The molecule has 3 rings (SSSR count). The molecule has 0 aliphatic heterocycles. The van der Waals surface area contributed by atoms with E-state index in [2.05, 4.69) is 53.4 Å². The molecule has 0 fully saturated rings. The molecule has 0 aliphatic carbocycles. The SMILES string of the molecule is CCc1ccc(-c2c(C)sc3nc(NC)nc(Cl)c23)cc1. The van der Waals surface area contributed by atoms with Gasteiger partial charge in [0, 0.05) is 17.5 Å². The van der Waals surface area contributed by atoms with Gasteiger partial charge >= 0.3 is 0 Å². The summed E-state index contributed by atoms with van der Waals surface area (Å²) < 4.78 is 0. The molecule has 0 aliphatic rings. The molecule has 5 heteroatoms. The lowest BCUT2D eigenvalue weighted by molar-refractivity contribution is 1.14. The minimum atomic E-state index is 0.503. The number of anilines is 1. The number of rotatable bonds is 3. The minimum absolute atomic E-state index is 0.503. The summed E-state index contributed by atoms with van der Waals surface area (Å²) >= 11 is 8.04. The summed E-state index contributed by atoms with van der Waals surface area (Å²) in [5.41, 5.74) is 3.64. The number of aromatic nitrogens is 2. The van der Waals surface area contributed by atoms with Crippen LogP contribution in [0.1, 0.15) is 17.4 Å². The third kappa shape index (κ3) is 2.49. The van der Waals surface area contributed by atoms with E-state index in [9.17, 15) is 0 Å². The van der Waals surface area contributed by atoms with Gasteiger partial charge in [0.15, 0.2) is 0 Å². The van der Waals surface area contributed by atoms with Gasteiger partial charge in [0.05, 0.1) is 5.39 Å². The van der Waals surface area contributed by atoms with Crippen LogP contribution in [0.15, 0.2) is 24.3 Å². The number of hydrogen-bond acceptors (Lipinski definition) is 4. The first kappa shape index (κ1) is 14.3. The van der Waals surface area contributed by atoms with E-state index < -0.39 is 0 Å². The monoisotopic (exact) mass is 317 g/mol. The maximum atomic E-state index is 6.38. The van der Waals surface area contributed by atoms with Gasteiger partial charge in [-0.25, -0.2) is 9.97 Å². The lowest BCUT2D eigenvalue weighted by Crippen LogP contribution is -1.96. The number of halogens is 1. The molecule has 21 heavy (non-hydrogen) atoms. The highest BCUT2D eigenvalue weighted by atomic mass is 35.5. The molecule has 2 aromatic heterocycles. The van der Waals surface area contributed by atoms with E-state index in [1.807, 2.05) is 0 Å². The topological polar surface area (TPSA) is 37.8 Å². The largest absolute Gasteiger partial charge is 0.357 e. The van der Waals surface area contributed by atoms with Crippen molar-refractivity contribution in [1.82, 2.24) is 9.97 Å². The Bertz CT molecular complexity index is 793. The molecule has 0 unspecified atom stereocenters. The lowest BCUT2D eigenvalue weighted by Gasteiger charge is -2.05. The normalized spacial score (nSPS) is 11.0. The van der Waals surface area contributed by atoms with Crippen LogP contribution in [0.25, 0.3) is 21.3 Å². The van der Waals surface area contributed by atoms with Crippen LogP contribution in [0.2, 0.25) is 5.15 Å². The average molecular weight is 318 g/mol. The maximum absolute atomic E-state index is 6.38. The molecular weight excluding hydrogens is 302 g/mol. The van der Waals surface area contributed by atoms with E-state index in [1.54, 1.807) is 18.4 Å². The fraction of sp³-hybridized carbons (Fsp3) is 0.250. The number of nitrogens with one attached hydrogen (secondary N) is 1. The first-order valence-corrected chi connectivity index (χ1v) is 8.07. The third-order valence-electron chi connectivity index (χ3n) is 3.56. The summed E-state index contributed by atoms with van der Waals surface area (Å²) in [4.78, 5) is 10.9. The van der Waals surface area contributed by atoms with Crippen LogP contribution in [0.4, 0.5) is 5.95 Å². The second-order valence-electron chi connectivity index (χ2n) is 4.85. The summed E-state index contributed by atoms with van der Waals surface area (Å²) in [5, 5.41) is 4.39. The molecule has 0 saturated carbocycles. The van der Waals surface area contributed by atoms with Gasteiger partial charge in [-0.3, -0.25) is 0 Å². The molecule has 3 aromatic rings. The number of hydrogen-bond donors (Lipinski definition) is 1. The Balaban J connectivity index is 2.23. The molecule has 0 spiro atoms. The van der Waals surface area contributed by atoms with Gasteiger partial charge in [-0.15, -0.1) is 11.3 Å². The number of nitrogens with zero attached hydrogens (tertiary/aromatic N) is 2. The van der Waals surface area contributed by atoms with E-state index in [1.165, 1.54) is 16.0 Å². The number of aryl methyl sites for hydroxylation is 2. The highest BCUT2D eigenvalue weighted by molar-refractivity contribution is 7.19. The van der Waals surface area contributed by atoms with Crippen LogP contribution in [-0.2, 0) is 6.42 Å². The third-order valence-corrected chi connectivity index (χ3v) is 4.83. The first-order chi connectivity index (χ1) is 10.1. The molecule has 1 aromatic carbocycles. The van der Waals surface area contributed by atoms with Crippen LogP contribution < -0.4 is 5.32 Å². The van der Waals surface area contributed by atoms with Gasteiger partial charge in [0.25, 0.3) is 0 Å². The second-order valence-corrected chi connectivity index (χ2v) is 6.41. The Kier molecular flexibility index (Phi) is 3.83. The highest BCUT2D eigenvalue weighted by Gasteiger charge is 2.17. The smallest absolute Gasteiger partial charge is 0.225 e. The van der Waals surface area contributed by atoms with Crippen molar-refractivity contribution in [3.05, 3.63) is 39.9 Å². The molecule has 1 N–H and O–H groups in total. The summed E-state index contributed by atoms with van der Waals surface area (Å²) in [6.45, 7) is 4.26. The van der Waals surface area contributed by atoms with Gasteiger partial charge in [-0.1, -0.05) is 42.8 Å². The van der Waals surface area contributed by atoms with Crippen molar-refractivity contribution in [3.8, 4) is 11.1 Å². The molecule has 0 bridgehead atoms. The quantitative estimate of drug-likeness (QED) is 0.696. The fourth-order valence-electron chi connectivity index (χ4n) is 2.44. The zero-order valence-electron chi connectivity index (χ0n) is 12.2.